The van der Waals surface area contributed by atoms with Crippen LogP contribution in [-0.2, 0) is 9.53 Å². The van der Waals surface area contributed by atoms with E-state index in [4.69, 9.17) is 0 Å². The summed E-state index contributed by atoms with van der Waals surface area (Å²) in [6.45, 7) is 30.6. The van der Waals surface area contributed by atoms with E-state index < -0.39 is 0 Å². The highest BCUT2D eigenvalue weighted by molar-refractivity contribution is 5.65. The quantitative estimate of drug-likeness (QED) is 0.0705. The minimum atomic E-state index is -0.211. The molecule has 0 aliphatic heterocycles. The zero-order valence-electron chi connectivity index (χ0n) is 37.2. The van der Waals surface area contributed by atoms with Crippen molar-refractivity contribution in [2.75, 3.05) is 6.61 Å². The van der Waals surface area contributed by atoms with Crippen LogP contribution in [0.3, 0.4) is 0 Å². The fraction of sp³-hybridized carbons (Fsp3) is 0.978. The van der Waals surface area contributed by atoms with Gasteiger partial charge in [0.1, 0.15) is 0 Å². The average molecular weight is 689 g/mol. The third-order valence-electron chi connectivity index (χ3n) is 7.59. The number of ether oxygens (including phenoxy) is 1. The maximum Gasteiger partial charge on any atom is 0.302 e. The van der Waals surface area contributed by atoms with Gasteiger partial charge in [0.15, 0.2) is 0 Å². The van der Waals surface area contributed by atoms with Crippen molar-refractivity contribution in [2.24, 2.45) is 0 Å². The van der Waals surface area contributed by atoms with E-state index >= 15 is 0 Å². The second-order valence-electron chi connectivity index (χ2n) is 13.3. The summed E-state index contributed by atoms with van der Waals surface area (Å²) in [6, 6.07) is 0. The predicted octanol–water partition coefficient (Wildman–Crippen LogP) is 18.4. The van der Waals surface area contributed by atoms with Crippen LogP contribution >= 0.6 is 0 Å². The Kier molecular flexibility index (Phi) is 105. The van der Waals surface area contributed by atoms with E-state index in [-0.39, 0.29) is 5.97 Å². The molecule has 0 N–H and O–H groups in total. The fourth-order valence-corrected chi connectivity index (χ4v) is 4.26. The van der Waals surface area contributed by atoms with Crippen molar-refractivity contribution in [3.8, 4) is 0 Å². The van der Waals surface area contributed by atoms with Gasteiger partial charge in [-0.3, -0.25) is 4.79 Å². The van der Waals surface area contributed by atoms with Crippen molar-refractivity contribution >= 4 is 5.97 Å². The molecule has 0 radical (unpaired) electrons. The van der Waals surface area contributed by atoms with Crippen LogP contribution in [0.5, 0.6) is 0 Å². The van der Waals surface area contributed by atoms with Gasteiger partial charge in [0.05, 0.1) is 6.61 Å². The first-order chi connectivity index (χ1) is 23.3. The van der Waals surface area contributed by atoms with E-state index in [0.29, 0.717) is 6.61 Å². The van der Waals surface area contributed by atoms with Gasteiger partial charge in [-0.15, -0.1) is 0 Å². The molecule has 0 spiro atoms. The zero-order chi connectivity index (χ0) is 38.2. The molecule has 0 amide bonds. The summed E-state index contributed by atoms with van der Waals surface area (Å²) in [7, 11) is 0. The minimum Gasteiger partial charge on any atom is -0.466 e. The molecule has 0 aromatic rings. The Morgan fingerprint density at radius 3 is 0.438 bits per heavy atom. The Balaban J connectivity index is -0.0000000818. The SMILES string of the molecule is CCCCCCC.CCCCCCC.CCCCCCC.CCCCCCC.CCCCCCC.CCCCCCC.CCOC(C)=O. The summed E-state index contributed by atoms with van der Waals surface area (Å²) in [5.74, 6) is -0.211. The van der Waals surface area contributed by atoms with Crippen LogP contribution in [0.4, 0.5) is 0 Å². The summed E-state index contributed by atoms with van der Waals surface area (Å²) >= 11 is 0. The van der Waals surface area contributed by atoms with Crippen molar-refractivity contribution in [1.82, 2.24) is 0 Å². The first-order valence-corrected chi connectivity index (χ1v) is 22.4. The molecule has 0 unspecified atom stereocenters. The van der Waals surface area contributed by atoms with E-state index in [1.54, 1.807) is 6.92 Å². The van der Waals surface area contributed by atoms with Crippen LogP contribution in [0.25, 0.3) is 0 Å². The molecule has 0 fully saturated rings. The molecule has 0 saturated carbocycles. The molecule has 0 aromatic heterocycles. The van der Waals surface area contributed by atoms with Crippen molar-refractivity contribution in [2.45, 2.75) is 290 Å². The Bertz CT molecular complexity index is 305. The molecule has 2 nitrogen and oxygen atoms in total. The van der Waals surface area contributed by atoms with Gasteiger partial charge in [-0.05, 0) is 6.92 Å². The van der Waals surface area contributed by atoms with Gasteiger partial charge in [-0.25, -0.2) is 0 Å². The number of hydrogen-bond donors (Lipinski definition) is 0. The van der Waals surface area contributed by atoms with Crippen molar-refractivity contribution in [3.63, 3.8) is 0 Å². The van der Waals surface area contributed by atoms with Crippen molar-refractivity contribution in [1.29, 1.82) is 0 Å². The zero-order valence-corrected chi connectivity index (χ0v) is 37.2. The van der Waals surface area contributed by atoms with Gasteiger partial charge in [-0.1, -0.05) is 276 Å². The number of esters is 1. The Morgan fingerprint density at radius 2 is 0.396 bits per heavy atom. The van der Waals surface area contributed by atoms with Gasteiger partial charge in [-0.2, -0.15) is 0 Å². The monoisotopic (exact) mass is 689 g/mol. The smallest absolute Gasteiger partial charge is 0.302 e. The average Bonchev–Trinajstić information content (AvgIpc) is 3.08. The summed E-state index contributed by atoms with van der Waals surface area (Å²) in [6.07, 6.45) is 42.1. The summed E-state index contributed by atoms with van der Waals surface area (Å²) in [5, 5.41) is 0. The molecule has 0 atom stereocenters. The minimum absolute atomic E-state index is 0.211. The maximum absolute atomic E-state index is 9.82. The normalized spacial score (nSPS) is 9.21. The number of carbonyl (C=O) groups excluding carboxylic acids is 1. The summed E-state index contributed by atoms with van der Waals surface area (Å²) < 4.78 is 4.40. The van der Waals surface area contributed by atoms with Crippen LogP contribution in [-0.4, -0.2) is 12.6 Å². The molecular formula is C46H104O2. The topological polar surface area (TPSA) is 26.3 Å². The number of hydrogen-bond acceptors (Lipinski definition) is 2. The number of carbonyl (C=O) groups is 1. The van der Waals surface area contributed by atoms with E-state index in [0.717, 1.165) is 0 Å². The summed E-state index contributed by atoms with van der Waals surface area (Å²) in [4.78, 5) is 9.82. The highest BCUT2D eigenvalue weighted by atomic mass is 16.5. The molecule has 0 rings (SSSR count). The van der Waals surface area contributed by atoms with Crippen LogP contribution in [0.1, 0.15) is 290 Å². The highest BCUT2D eigenvalue weighted by Crippen LogP contribution is 2.03. The number of rotatable bonds is 25. The van der Waals surface area contributed by atoms with Gasteiger partial charge in [0, 0.05) is 6.92 Å². The van der Waals surface area contributed by atoms with Gasteiger partial charge >= 0.3 is 5.97 Å². The van der Waals surface area contributed by atoms with Gasteiger partial charge < -0.3 is 4.74 Å². The van der Waals surface area contributed by atoms with Crippen molar-refractivity contribution < 1.29 is 9.53 Å². The Hall–Kier alpha value is -0.530. The molecule has 2 heteroatoms. The lowest BCUT2D eigenvalue weighted by Crippen LogP contribution is -1.95. The third-order valence-corrected chi connectivity index (χ3v) is 7.59. The van der Waals surface area contributed by atoms with Crippen molar-refractivity contribution in [3.05, 3.63) is 0 Å². The van der Waals surface area contributed by atoms with Crippen LogP contribution in [0, 0.1) is 0 Å². The molecule has 300 valence electrons. The van der Waals surface area contributed by atoms with E-state index in [1.807, 2.05) is 0 Å². The highest BCUT2D eigenvalue weighted by Gasteiger charge is 1.84. The lowest BCUT2D eigenvalue weighted by Gasteiger charge is -1.90. The molecule has 0 aliphatic carbocycles. The molecule has 0 aromatic carbocycles. The maximum atomic E-state index is 9.82. The first kappa shape index (κ1) is 62.6. The largest absolute Gasteiger partial charge is 0.466 e. The van der Waals surface area contributed by atoms with E-state index in [1.165, 1.54) is 200 Å². The van der Waals surface area contributed by atoms with Gasteiger partial charge in [0.2, 0.25) is 0 Å². The van der Waals surface area contributed by atoms with Crippen LogP contribution in [0.15, 0.2) is 0 Å². The number of unbranched alkanes of at least 4 members (excludes halogenated alkanes) is 24. The molecule has 0 aliphatic rings. The summed E-state index contributed by atoms with van der Waals surface area (Å²) in [5.41, 5.74) is 0. The second-order valence-corrected chi connectivity index (χ2v) is 13.3. The van der Waals surface area contributed by atoms with E-state index in [9.17, 15) is 4.79 Å². The standard InChI is InChI=1S/6C7H16.C4H8O2/c6*1-3-5-7-6-4-2;1-3-6-4(2)5/h6*3-7H2,1-2H3;3H2,1-2H3. The Labute approximate surface area is 310 Å². The molecule has 0 bridgehead atoms. The molecule has 0 heterocycles. The van der Waals surface area contributed by atoms with Gasteiger partial charge in [0.25, 0.3) is 0 Å². The predicted molar refractivity (Wildman–Crippen MR) is 229 cm³/mol. The van der Waals surface area contributed by atoms with Crippen LogP contribution < -0.4 is 0 Å². The molecule has 48 heavy (non-hydrogen) atoms. The lowest BCUT2D eigenvalue weighted by atomic mass is 10.2. The van der Waals surface area contributed by atoms with E-state index in [2.05, 4.69) is 87.8 Å². The third kappa shape index (κ3) is 128. The second kappa shape index (κ2) is 80.9. The molecule has 0 saturated heterocycles. The first-order valence-electron chi connectivity index (χ1n) is 22.4. The Morgan fingerprint density at radius 1 is 0.271 bits per heavy atom. The fourth-order valence-electron chi connectivity index (χ4n) is 4.26. The van der Waals surface area contributed by atoms with Crippen LogP contribution in [0.2, 0.25) is 0 Å². The lowest BCUT2D eigenvalue weighted by molar-refractivity contribution is -0.140. The molecular weight excluding hydrogens is 585 g/mol.